The normalized spacial score (nSPS) is 11.5. The van der Waals surface area contributed by atoms with Crippen LogP contribution in [0.15, 0.2) is 29.3 Å². The molecule has 0 saturated carbocycles. The summed E-state index contributed by atoms with van der Waals surface area (Å²) in [6.07, 6.45) is 6.43. The molecule has 0 N–H and O–H groups in total. The van der Waals surface area contributed by atoms with Crippen LogP contribution in [-0.4, -0.2) is 15.0 Å². The Morgan fingerprint density at radius 1 is 1.18 bits per heavy atom. The average Bonchev–Trinajstić information content (AvgIpc) is 2.78. The average molecular weight is 233 g/mol. The first kappa shape index (κ1) is 11.6. The molecule has 0 atom stereocenters. The van der Waals surface area contributed by atoms with Gasteiger partial charge in [-0.25, -0.2) is 9.97 Å². The summed E-state index contributed by atoms with van der Waals surface area (Å²) in [5.74, 6) is 0.989. The molecule has 0 bridgehead atoms. The summed E-state index contributed by atoms with van der Waals surface area (Å²) in [7, 11) is 0. The van der Waals surface area contributed by atoms with Crippen LogP contribution in [0.5, 0.6) is 5.88 Å². The molecule has 0 aliphatic rings. The van der Waals surface area contributed by atoms with E-state index in [1.165, 1.54) is 6.26 Å². The molecule has 0 fully saturated rings. The highest BCUT2D eigenvalue weighted by Gasteiger charge is 2.15. The number of hydrogen-bond acceptors (Lipinski definition) is 5. The summed E-state index contributed by atoms with van der Waals surface area (Å²) in [5, 5.41) is 0. The van der Waals surface area contributed by atoms with E-state index in [-0.39, 0.29) is 12.0 Å². The van der Waals surface area contributed by atoms with Gasteiger partial charge in [0.05, 0.1) is 24.3 Å². The highest BCUT2D eigenvalue weighted by molar-refractivity contribution is 5.13. The molecule has 0 aliphatic heterocycles. The Labute approximate surface area is 99.9 Å². The summed E-state index contributed by atoms with van der Waals surface area (Å²) < 4.78 is 10.4. The van der Waals surface area contributed by atoms with Gasteiger partial charge in [-0.1, -0.05) is 20.8 Å². The van der Waals surface area contributed by atoms with E-state index in [1.54, 1.807) is 18.6 Å². The quantitative estimate of drug-likeness (QED) is 0.814. The van der Waals surface area contributed by atoms with Crippen LogP contribution in [0.1, 0.15) is 32.4 Å². The lowest BCUT2D eigenvalue weighted by Crippen LogP contribution is -2.13. The van der Waals surface area contributed by atoms with Crippen molar-refractivity contribution in [1.82, 2.24) is 15.0 Å². The predicted molar refractivity (Wildman–Crippen MR) is 61.6 cm³/mol. The van der Waals surface area contributed by atoms with Gasteiger partial charge in [-0.2, -0.15) is 0 Å². The zero-order valence-electron chi connectivity index (χ0n) is 10.2. The lowest BCUT2D eigenvalue weighted by Gasteiger charge is -2.16. The molecule has 2 aromatic heterocycles. The van der Waals surface area contributed by atoms with Crippen molar-refractivity contribution in [2.24, 2.45) is 0 Å². The fourth-order valence-corrected chi connectivity index (χ4v) is 1.24. The van der Waals surface area contributed by atoms with Crippen molar-refractivity contribution in [3.8, 4) is 5.88 Å². The van der Waals surface area contributed by atoms with Gasteiger partial charge in [0, 0.05) is 5.41 Å². The molecule has 2 heterocycles. The fourth-order valence-electron chi connectivity index (χ4n) is 1.24. The maximum atomic E-state index is 5.39. The van der Waals surface area contributed by atoms with Crippen molar-refractivity contribution in [2.45, 2.75) is 32.8 Å². The van der Waals surface area contributed by atoms with E-state index in [4.69, 9.17) is 9.15 Å². The Morgan fingerprint density at radius 3 is 2.53 bits per heavy atom. The Bertz CT molecular complexity index is 457. The van der Waals surface area contributed by atoms with Gasteiger partial charge < -0.3 is 9.15 Å². The van der Waals surface area contributed by atoms with Crippen molar-refractivity contribution in [1.29, 1.82) is 0 Å². The smallest absolute Gasteiger partial charge is 0.232 e. The molecule has 0 aliphatic carbocycles. The third kappa shape index (κ3) is 3.03. The minimum Gasteiger partial charge on any atom is -0.467 e. The van der Waals surface area contributed by atoms with E-state index >= 15 is 0 Å². The summed E-state index contributed by atoms with van der Waals surface area (Å²) in [6.45, 7) is 6.52. The lowest BCUT2D eigenvalue weighted by atomic mass is 9.93. The minimum atomic E-state index is -0.00586. The molecular formula is C12H15N3O2. The predicted octanol–water partition coefficient (Wildman–Crippen LogP) is 2.34. The van der Waals surface area contributed by atoms with E-state index in [9.17, 15) is 0 Å². The van der Waals surface area contributed by atoms with Gasteiger partial charge in [-0.05, 0) is 0 Å². The minimum absolute atomic E-state index is 0.00586. The maximum Gasteiger partial charge on any atom is 0.232 e. The van der Waals surface area contributed by atoms with Gasteiger partial charge >= 0.3 is 0 Å². The van der Waals surface area contributed by atoms with Gasteiger partial charge in [-0.15, -0.1) is 0 Å². The van der Waals surface area contributed by atoms with Gasteiger partial charge in [0.1, 0.15) is 6.26 Å². The number of rotatable bonds is 3. The molecule has 0 unspecified atom stereocenters. The number of hydrogen-bond donors (Lipinski definition) is 0. The van der Waals surface area contributed by atoms with Crippen LogP contribution < -0.4 is 4.74 Å². The SMILES string of the molecule is CC(C)(C)c1cnc(OCc2ncco2)cn1. The highest BCUT2D eigenvalue weighted by Crippen LogP contribution is 2.19. The van der Waals surface area contributed by atoms with Crippen LogP contribution in [0.3, 0.4) is 0 Å². The number of nitrogens with zero attached hydrogens (tertiary/aromatic N) is 3. The van der Waals surface area contributed by atoms with Crippen LogP contribution in [0.4, 0.5) is 0 Å². The van der Waals surface area contributed by atoms with Gasteiger partial charge in [0.2, 0.25) is 11.8 Å². The van der Waals surface area contributed by atoms with Crippen molar-refractivity contribution in [2.75, 3.05) is 0 Å². The zero-order valence-corrected chi connectivity index (χ0v) is 10.2. The zero-order chi connectivity index (χ0) is 12.3. The first-order chi connectivity index (χ1) is 8.05. The molecule has 2 rings (SSSR count). The van der Waals surface area contributed by atoms with Crippen LogP contribution >= 0.6 is 0 Å². The van der Waals surface area contributed by atoms with Crippen LogP contribution in [0.2, 0.25) is 0 Å². The molecule has 0 saturated heterocycles. The number of ether oxygens (including phenoxy) is 1. The molecule has 90 valence electrons. The summed E-state index contributed by atoms with van der Waals surface area (Å²) in [4.78, 5) is 12.5. The van der Waals surface area contributed by atoms with E-state index in [0.29, 0.717) is 11.8 Å². The van der Waals surface area contributed by atoms with Crippen molar-refractivity contribution >= 4 is 0 Å². The molecule has 2 aromatic rings. The van der Waals surface area contributed by atoms with Crippen molar-refractivity contribution in [3.05, 3.63) is 36.4 Å². The Morgan fingerprint density at radius 2 is 2.00 bits per heavy atom. The monoisotopic (exact) mass is 233 g/mol. The van der Waals surface area contributed by atoms with Gasteiger partial charge in [0.25, 0.3) is 0 Å². The molecule has 0 amide bonds. The lowest BCUT2D eigenvalue weighted by molar-refractivity contribution is 0.252. The molecule has 5 heteroatoms. The van der Waals surface area contributed by atoms with Gasteiger partial charge in [0.15, 0.2) is 6.61 Å². The molecule has 5 nitrogen and oxygen atoms in total. The Kier molecular flexibility index (Phi) is 3.08. The summed E-state index contributed by atoms with van der Waals surface area (Å²) in [5.41, 5.74) is 0.926. The third-order valence-corrected chi connectivity index (χ3v) is 2.22. The van der Waals surface area contributed by atoms with E-state index in [0.717, 1.165) is 5.69 Å². The van der Waals surface area contributed by atoms with E-state index in [2.05, 4.69) is 35.7 Å². The van der Waals surface area contributed by atoms with Crippen LogP contribution in [-0.2, 0) is 12.0 Å². The molecular weight excluding hydrogens is 218 g/mol. The third-order valence-electron chi connectivity index (χ3n) is 2.22. The summed E-state index contributed by atoms with van der Waals surface area (Å²) >= 11 is 0. The Hall–Kier alpha value is -1.91. The first-order valence-corrected chi connectivity index (χ1v) is 5.39. The second-order valence-electron chi connectivity index (χ2n) is 4.70. The molecule has 0 aromatic carbocycles. The number of oxazole rings is 1. The van der Waals surface area contributed by atoms with Crippen molar-refractivity contribution < 1.29 is 9.15 Å². The van der Waals surface area contributed by atoms with Crippen LogP contribution in [0, 0.1) is 0 Å². The molecule has 17 heavy (non-hydrogen) atoms. The van der Waals surface area contributed by atoms with E-state index in [1.807, 2.05) is 0 Å². The number of aromatic nitrogens is 3. The Balaban J connectivity index is 1.99. The topological polar surface area (TPSA) is 61.0 Å². The van der Waals surface area contributed by atoms with Gasteiger partial charge in [-0.3, -0.25) is 4.98 Å². The molecule has 0 spiro atoms. The first-order valence-electron chi connectivity index (χ1n) is 5.39. The standard InChI is InChI=1S/C12H15N3O2/c1-12(2,3)9-6-15-10(7-14-9)17-8-11-13-4-5-16-11/h4-7H,8H2,1-3H3. The second kappa shape index (κ2) is 4.53. The van der Waals surface area contributed by atoms with Crippen LogP contribution in [0.25, 0.3) is 0 Å². The fraction of sp³-hybridized carbons (Fsp3) is 0.417. The second-order valence-corrected chi connectivity index (χ2v) is 4.70. The molecule has 0 radical (unpaired) electrons. The van der Waals surface area contributed by atoms with Crippen molar-refractivity contribution in [3.63, 3.8) is 0 Å². The maximum absolute atomic E-state index is 5.39. The van der Waals surface area contributed by atoms with E-state index < -0.39 is 0 Å². The highest BCUT2D eigenvalue weighted by atomic mass is 16.5. The summed E-state index contributed by atoms with van der Waals surface area (Å²) in [6, 6.07) is 0. The largest absolute Gasteiger partial charge is 0.467 e.